The minimum Gasteiger partial charge on any atom is -0.748 e. The van der Waals surface area contributed by atoms with Crippen molar-refractivity contribution in [3.63, 3.8) is 0 Å². The molecule has 0 fully saturated rings. The average Bonchev–Trinajstić information content (AvgIpc) is 2.90. The van der Waals surface area contributed by atoms with E-state index >= 15 is 0 Å². The van der Waals surface area contributed by atoms with Gasteiger partial charge in [-0.15, -0.1) is 13.2 Å². The Bertz CT molecular complexity index is 868. The predicted molar refractivity (Wildman–Crippen MR) is 174 cm³/mol. The second-order valence-corrected chi connectivity index (χ2v) is 13.8. The smallest absolute Gasteiger partial charge is 0.748 e. The Hall–Kier alpha value is -0.500. The summed E-state index contributed by atoms with van der Waals surface area (Å²) < 4.78 is 62.7. The molecule has 2 amide bonds. The molecule has 0 aliphatic carbocycles. The van der Waals surface area contributed by atoms with Crippen molar-refractivity contribution in [1.29, 1.82) is 0 Å². The van der Waals surface area contributed by atoms with Gasteiger partial charge in [-0.2, -0.15) is 0 Å². The largest absolute Gasteiger partial charge is 2.00 e. The molecule has 0 saturated carbocycles. The van der Waals surface area contributed by atoms with E-state index in [4.69, 9.17) is 0 Å². The average molecular weight is 677 g/mol. The first-order valence-corrected chi connectivity index (χ1v) is 18.5. The van der Waals surface area contributed by atoms with Gasteiger partial charge in [0.2, 0.25) is 11.8 Å². The van der Waals surface area contributed by atoms with Crippen LogP contribution in [-0.2, 0) is 29.8 Å². The van der Waals surface area contributed by atoms with Crippen molar-refractivity contribution in [2.24, 2.45) is 0 Å². The van der Waals surface area contributed by atoms with Crippen LogP contribution in [0.3, 0.4) is 0 Å². The van der Waals surface area contributed by atoms with Crippen molar-refractivity contribution < 1.29 is 35.5 Å². The van der Waals surface area contributed by atoms with Gasteiger partial charge in [0.05, 0.1) is 20.2 Å². The van der Waals surface area contributed by atoms with Crippen LogP contribution in [0.1, 0.15) is 116 Å². The number of hydrogen-bond donors (Lipinski definition) is 0. The second kappa shape index (κ2) is 30.2. The zero-order valence-corrected chi connectivity index (χ0v) is 30.7. The summed E-state index contributed by atoms with van der Waals surface area (Å²) in [5.41, 5.74) is 0. The van der Waals surface area contributed by atoms with E-state index in [1.165, 1.54) is 48.3 Å². The number of nitrogens with zero attached hydrogens (tertiary/aromatic N) is 2. The van der Waals surface area contributed by atoms with Gasteiger partial charge < -0.3 is 18.9 Å². The maximum absolute atomic E-state index is 11.8. The van der Waals surface area contributed by atoms with Crippen molar-refractivity contribution in [1.82, 2.24) is 9.80 Å². The van der Waals surface area contributed by atoms with Gasteiger partial charge in [-0.05, 0) is 51.4 Å². The topological polar surface area (TPSA) is 155 Å². The quantitative estimate of drug-likeness (QED) is 0.0537. The molecule has 248 valence electrons. The van der Waals surface area contributed by atoms with E-state index in [1.54, 1.807) is 14.1 Å². The Balaban J connectivity index is -0.000000727. The molecule has 0 aromatic rings. The third-order valence-electron chi connectivity index (χ3n) is 6.73. The molecule has 0 rings (SSSR count). The van der Waals surface area contributed by atoms with Crippen molar-refractivity contribution in [3.05, 3.63) is 25.3 Å². The van der Waals surface area contributed by atoms with Crippen LogP contribution in [0.5, 0.6) is 0 Å². The molecule has 0 spiro atoms. The number of unbranched alkanes of at least 4 members (excludes halogenated alkanes) is 12. The minimum atomic E-state index is -4.17. The maximum atomic E-state index is 11.8. The molecule has 0 N–H and O–H groups in total. The van der Waals surface area contributed by atoms with Gasteiger partial charge in [0, 0.05) is 51.5 Å². The third kappa shape index (κ3) is 37.6. The summed E-state index contributed by atoms with van der Waals surface area (Å²) in [5, 5.41) is 0. The molecule has 0 saturated heterocycles. The van der Waals surface area contributed by atoms with E-state index < -0.39 is 31.7 Å². The molecule has 0 aliphatic rings. The molecule has 0 aromatic heterocycles. The van der Waals surface area contributed by atoms with E-state index in [2.05, 4.69) is 13.2 Å². The van der Waals surface area contributed by atoms with E-state index in [0.717, 1.165) is 51.4 Å². The fraction of sp³-hybridized carbons (Fsp3) is 0.800. The van der Waals surface area contributed by atoms with E-state index in [9.17, 15) is 35.5 Å². The SMILES string of the molecule is C=CCCCCCCCCC(=O)N(C)CCCS(=O)(=O)[O-].C=CCCCCCCCCC(=O)N(C)CCCS(=O)(=O)[O-].[Ca+2]. The van der Waals surface area contributed by atoms with E-state index in [-0.39, 0.29) is 62.4 Å². The normalized spacial score (nSPS) is 11.1. The van der Waals surface area contributed by atoms with Crippen molar-refractivity contribution >= 4 is 69.8 Å². The summed E-state index contributed by atoms with van der Waals surface area (Å²) in [6.07, 6.45) is 20.7. The van der Waals surface area contributed by atoms with Gasteiger partial charge in [0.1, 0.15) is 0 Å². The Labute approximate surface area is 292 Å². The van der Waals surface area contributed by atoms with Crippen LogP contribution < -0.4 is 0 Å². The molecule has 0 bridgehead atoms. The number of rotatable bonds is 26. The predicted octanol–water partition coefficient (Wildman–Crippen LogP) is 4.99. The molecule has 0 unspecified atom stereocenters. The number of carbonyl (C=O) groups is 2. The third-order valence-corrected chi connectivity index (χ3v) is 8.30. The monoisotopic (exact) mass is 676 g/mol. The number of amides is 2. The van der Waals surface area contributed by atoms with Gasteiger partial charge in [-0.1, -0.05) is 63.5 Å². The molecule has 0 aliphatic heterocycles. The standard InChI is InChI=1S/2C15H29NO4S.Ca/c2*1-3-4-5-6-7-8-9-10-12-15(17)16(2)13-11-14-21(18,19)20;/h2*3H,1,4-14H2,2H3,(H,18,19,20);/q;;+2/p-2. The summed E-state index contributed by atoms with van der Waals surface area (Å²) in [5.74, 6) is -0.778. The van der Waals surface area contributed by atoms with Gasteiger partial charge >= 0.3 is 37.7 Å². The van der Waals surface area contributed by atoms with Crippen LogP contribution in [0.4, 0.5) is 0 Å². The van der Waals surface area contributed by atoms with E-state index in [0.29, 0.717) is 25.9 Å². The maximum Gasteiger partial charge on any atom is 2.00 e. The fourth-order valence-electron chi connectivity index (χ4n) is 4.13. The Morgan fingerprint density at radius 1 is 0.558 bits per heavy atom. The molecule has 43 heavy (non-hydrogen) atoms. The molecule has 13 heteroatoms. The van der Waals surface area contributed by atoms with Crippen LogP contribution in [0.15, 0.2) is 25.3 Å². The first kappa shape index (κ1) is 46.9. The molecule has 0 aromatic carbocycles. The van der Waals surface area contributed by atoms with Gasteiger partial charge in [0.25, 0.3) is 0 Å². The molecule has 0 heterocycles. The van der Waals surface area contributed by atoms with Crippen LogP contribution in [0, 0.1) is 0 Å². The van der Waals surface area contributed by atoms with Gasteiger partial charge in [-0.3, -0.25) is 9.59 Å². The number of carbonyl (C=O) groups excluding carboxylic acids is 2. The molecule has 10 nitrogen and oxygen atoms in total. The zero-order valence-electron chi connectivity index (χ0n) is 26.8. The van der Waals surface area contributed by atoms with Crippen LogP contribution >= 0.6 is 0 Å². The fourth-order valence-corrected chi connectivity index (χ4v) is 5.10. The summed E-state index contributed by atoms with van der Waals surface area (Å²) in [6, 6.07) is 0. The minimum absolute atomic E-state index is 0. The zero-order chi connectivity index (χ0) is 32.3. The van der Waals surface area contributed by atoms with Gasteiger partial charge in [0.15, 0.2) is 0 Å². The Morgan fingerprint density at radius 2 is 0.837 bits per heavy atom. The summed E-state index contributed by atoms with van der Waals surface area (Å²) in [7, 11) is -5.05. The summed E-state index contributed by atoms with van der Waals surface area (Å²) in [4.78, 5) is 26.5. The molecule has 0 atom stereocenters. The molecule has 0 radical (unpaired) electrons. The van der Waals surface area contributed by atoms with Crippen LogP contribution in [0.2, 0.25) is 0 Å². The first-order valence-electron chi connectivity index (χ1n) is 15.3. The van der Waals surface area contributed by atoms with E-state index in [1.807, 2.05) is 12.2 Å². The van der Waals surface area contributed by atoms with Crippen molar-refractivity contribution in [3.8, 4) is 0 Å². The number of allylic oxidation sites excluding steroid dienone is 2. The summed E-state index contributed by atoms with van der Waals surface area (Å²) >= 11 is 0. The molecular formula is C30H56CaN2O8S2. The van der Waals surface area contributed by atoms with Crippen LogP contribution in [-0.4, -0.2) is 124 Å². The molecular weight excluding hydrogens is 621 g/mol. The second-order valence-electron chi connectivity index (χ2n) is 10.8. The van der Waals surface area contributed by atoms with Crippen molar-refractivity contribution in [2.75, 3.05) is 38.7 Å². The number of hydrogen-bond acceptors (Lipinski definition) is 8. The first-order chi connectivity index (χ1) is 19.7. The van der Waals surface area contributed by atoms with Crippen molar-refractivity contribution in [2.45, 2.75) is 116 Å². The Kier molecular flexibility index (Phi) is 32.9. The van der Waals surface area contributed by atoms with Crippen LogP contribution in [0.25, 0.3) is 0 Å². The Morgan fingerprint density at radius 3 is 1.12 bits per heavy atom. The van der Waals surface area contributed by atoms with Gasteiger partial charge in [-0.25, -0.2) is 16.8 Å². The summed E-state index contributed by atoms with van der Waals surface area (Å²) in [6.45, 7) is 8.01.